The van der Waals surface area contributed by atoms with Crippen LogP contribution >= 0.6 is 0 Å². The molecule has 1 amide bonds. The summed E-state index contributed by atoms with van der Waals surface area (Å²) in [4.78, 5) is 12.8. The number of aryl methyl sites for hydroxylation is 1. The Kier molecular flexibility index (Phi) is 5.48. The monoisotopic (exact) mass is 375 g/mol. The van der Waals surface area contributed by atoms with E-state index in [4.69, 9.17) is 0 Å². The maximum atomic E-state index is 12.8. The standard InChI is InChI=1S/C22H25N5O/c1-2-18-7-8-20(27-14-24-25-15-27)12-21(18)26-22(28)19-5-3-16(4-6-19)11-17-9-10-23-13-17/h3-8,12,14-15,17,23H,2,9-11,13H2,1H3,(H,26,28). The van der Waals surface area contributed by atoms with Crippen LogP contribution < -0.4 is 10.6 Å². The first-order valence-corrected chi connectivity index (χ1v) is 9.82. The molecule has 3 aromatic rings. The van der Waals surface area contributed by atoms with Crippen LogP contribution in [0.15, 0.2) is 55.1 Å². The van der Waals surface area contributed by atoms with Crippen molar-refractivity contribution in [2.45, 2.75) is 26.2 Å². The van der Waals surface area contributed by atoms with E-state index in [2.05, 4.69) is 39.9 Å². The zero-order chi connectivity index (χ0) is 19.3. The number of benzene rings is 2. The second-order valence-corrected chi connectivity index (χ2v) is 7.28. The fourth-order valence-electron chi connectivity index (χ4n) is 3.69. The molecule has 0 spiro atoms. The van der Waals surface area contributed by atoms with Gasteiger partial charge in [0.15, 0.2) is 0 Å². The molecule has 1 aromatic heterocycles. The van der Waals surface area contributed by atoms with E-state index in [1.165, 1.54) is 12.0 Å². The Hall–Kier alpha value is -2.99. The first-order valence-electron chi connectivity index (χ1n) is 9.82. The van der Waals surface area contributed by atoms with Crippen LogP contribution in [0.4, 0.5) is 5.69 Å². The van der Waals surface area contributed by atoms with Crippen molar-refractivity contribution in [3.8, 4) is 5.69 Å². The summed E-state index contributed by atoms with van der Waals surface area (Å²) in [6.07, 6.45) is 6.42. The predicted octanol–water partition coefficient (Wildman–Crippen LogP) is 3.23. The normalized spacial score (nSPS) is 16.2. The van der Waals surface area contributed by atoms with Gasteiger partial charge in [0.2, 0.25) is 0 Å². The molecule has 1 aliphatic rings. The molecular formula is C22H25N5O. The smallest absolute Gasteiger partial charge is 0.255 e. The number of carbonyl (C=O) groups is 1. The lowest BCUT2D eigenvalue weighted by molar-refractivity contribution is 0.102. The SMILES string of the molecule is CCc1ccc(-n2cnnc2)cc1NC(=O)c1ccc(CC2CCNC2)cc1. The second kappa shape index (κ2) is 8.35. The van der Waals surface area contributed by atoms with Gasteiger partial charge in [-0.15, -0.1) is 10.2 Å². The molecule has 0 saturated carbocycles. The van der Waals surface area contributed by atoms with Gasteiger partial charge in [0.25, 0.3) is 5.91 Å². The van der Waals surface area contributed by atoms with Gasteiger partial charge in [0.1, 0.15) is 12.7 Å². The number of hydrogen-bond acceptors (Lipinski definition) is 4. The summed E-state index contributed by atoms with van der Waals surface area (Å²) in [6.45, 7) is 4.28. The highest BCUT2D eigenvalue weighted by Gasteiger charge is 2.15. The summed E-state index contributed by atoms with van der Waals surface area (Å²) in [5, 5.41) is 14.2. The lowest BCUT2D eigenvalue weighted by Crippen LogP contribution is -2.14. The van der Waals surface area contributed by atoms with Gasteiger partial charge in [-0.2, -0.15) is 0 Å². The third-order valence-corrected chi connectivity index (χ3v) is 5.34. The van der Waals surface area contributed by atoms with Gasteiger partial charge in [-0.1, -0.05) is 25.1 Å². The van der Waals surface area contributed by atoms with Gasteiger partial charge in [0.05, 0.1) is 5.69 Å². The Bertz CT molecular complexity index is 928. The Morgan fingerprint density at radius 3 is 2.64 bits per heavy atom. The first-order chi connectivity index (χ1) is 13.7. The van der Waals surface area contributed by atoms with Crippen molar-refractivity contribution in [2.24, 2.45) is 5.92 Å². The minimum atomic E-state index is -0.0929. The van der Waals surface area contributed by atoms with Gasteiger partial charge in [-0.25, -0.2) is 0 Å². The van der Waals surface area contributed by atoms with E-state index in [-0.39, 0.29) is 5.91 Å². The first kappa shape index (κ1) is 18.4. The third-order valence-electron chi connectivity index (χ3n) is 5.34. The van der Waals surface area contributed by atoms with Crippen LogP contribution in [0.2, 0.25) is 0 Å². The van der Waals surface area contributed by atoms with Gasteiger partial charge in [-0.3, -0.25) is 9.36 Å². The fourth-order valence-corrected chi connectivity index (χ4v) is 3.69. The Balaban J connectivity index is 1.48. The van der Waals surface area contributed by atoms with Crippen molar-refractivity contribution in [2.75, 3.05) is 18.4 Å². The molecule has 0 radical (unpaired) electrons. The van der Waals surface area contributed by atoms with Crippen molar-refractivity contribution in [1.29, 1.82) is 0 Å². The molecule has 1 unspecified atom stereocenters. The number of hydrogen-bond donors (Lipinski definition) is 2. The average Bonchev–Trinajstić information content (AvgIpc) is 3.43. The van der Waals surface area contributed by atoms with Crippen LogP contribution in [0.25, 0.3) is 5.69 Å². The fraction of sp³-hybridized carbons (Fsp3) is 0.318. The molecule has 2 N–H and O–H groups in total. The number of rotatable bonds is 6. The van der Waals surface area contributed by atoms with Crippen LogP contribution in [0.3, 0.4) is 0 Å². The number of aromatic nitrogens is 3. The maximum absolute atomic E-state index is 12.8. The van der Waals surface area contributed by atoms with Crippen LogP contribution in [0.1, 0.15) is 34.8 Å². The average molecular weight is 375 g/mol. The minimum Gasteiger partial charge on any atom is -0.322 e. The molecule has 2 heterocycles. The van der Waals surface area contributed by atoms with Crippen LogP contribution in [-0.4, -0.2) is 33.8 Å². The zero-order valence-corrected chi connectivity index (χ0v) is 16.1. The van der Waals surface area contributed by atoms with Gasteiger partial charge in [-0.05, 0) is 73.7 Å². The van der Waals surface area contributed by atoms with Crippen molar-refractivity contribution < 1.29 is 4.79 Å². The van der Waals surface area contributed by atoms with E-state index in [0.29, 0.717) is 11.5 Å². The van der Waals surface area contributed by atoms with Crippen molar-refractivity contribution in [1.82, 2.24) is 20.1 Å². The summed E-state index contributed by atoms with van der Waals surface area (Å²) in [5.41, 5.74) is 4.78. The van der Waals surface area contributed by atoms with E-state index in [9.17, 15) is 4.79 Å². The molecule has 0 bridgehead atoms. The molecular weight excluding hydrogens is 350 g/mol. The third kappa shape index (κ3) is 4.12. The van der Waals surface area contributed by atoms with Crippen molar-refractivity contribution in [3.63, 3.8) is 0 Å². The summed E-state index contributed by atoms with van der Waals surface area (Å²) in [6, 6.07) is 14.0. The lowest BCUT2D eigenvalue weighted by Gasteiger charge is -2.13. The van der Waals surface area contributed by atoms with E-state index in [0.717, 1.165) is 42.9 Å². The highest BCUT2D eigenvalue weighted by Crippen LogP contribution is 2.22. The molecule has 0 aliphatic carbocycles. The Morgan fingerprint density at radius 2 is 1.96 bits per heavy atom. The minimum absolute atomic E-state index is 0.0929. The quantitative estimate of drug-likeness (QED) is 0.694. The molecule has 1 saturated heterocycles. The maximum Gasteiger partial charge on any atom is 0.255 e. The number of carbonyl (C=O) groups excluding carboxylic acids is 1. The predicted molar refractivity (Wildman–Crippen MR) is 110 cm³/mol. The number of anilines is 1. The number of amides is 1. The largest absolute Gasteiger partial charge is 0.322 e. The van der Waals surface area contributed by atoms with Crippen molar-refractivity contribution in [3.05, 3.63) is 71.8 Å². The molecule has 1 atom stereocenters. The molecule has 1 fully saturated rings. The van der Waals surface area contributed by atoms with E-state index < -0.39 is 0 Å². The Morgan fingerprint density at radius 1 is 1.18 bits per heavy atom. The highest BCUT2D eigenvalue weighted by atomic mass is 16.1. The van der Waals surface area contributed by atoms with Crippen LogP contribution in [0.5, 0.6) is 0 Å². The van der Waals surface area contributed by atoms with Gasteiger partial charge < -0.3 is 10.6 Å². The molecule has 1 aliphatic heterocycles. The molecule has 28 heavy (non-hydrogen) atoms. The van der Waals surface area contributed by atoms with E-state index in [1.807, 2.05) is 34.9 Å². The van der Waals surface area contributed by atoms with Crippen molar-refractivity contribution >= 4 is 11.6 Å². The van der Waals surface area contributed by atoms with Gasteiger partial charge >= 0.3 is 0 Å². The summed E-state index contributed by atoms with van der Waals surface area (Å²) in [7, 11) is 0. The molecule has 2 aromatic carbocycles. The summed E-state index contributed by atoms with van der Waals surface area (Å²) < 4.78 is 1.82. The molecule has 6 nitrogen and oxygen atoms in total. The highest BCUT2D eigenvalue weighted by molar-refractivity contribution is 6.04. The number of nitrogens with zero attached hydrogens (tertiary/aromatic N) is 3. The summed E-state index contributed by atoms with van der Waals surface area (Å²) >= 11 is 0. The molecule has 4 rings (SSSR count). The second-order valence-electron chi connectivity index (χ2n) is 7.28. The molecule has 6 heteroatoms. The number of nitrogens with one attached hydrogen (secondary N) is 2. The Labute approximate surface area is 165 Å². The van der Waals surface area contributed by atoms with Crippen LogP contribution in [0, 0.1) is 5.92 Å². The van der Waals surface area contributed by atoms with Gasteiger partial charge in [0, 0.05) is 11.3 Å². The van der Waals surface area contributed by atoms with Crippen LogP contribution in [-0.2, 0) is 12.8 Å². The lowest BCUT2D eigenvalue weighted by atomic mass is 9.98. The molecule has 144 valence electrons. The van der Waals surface area contributed by atoms with E-state index in [1.54, 1.807) is 12.7 Å². The summed E-state index contributed by atoms with van der Waals surface area (Å²) in [5.74, 6) is 0.608. The van der Waals surface area contributed by atoms with E-state index >= 15 is 0 Å². The topological polar surface area (TPSA) is 71.8 Å². The zero-order valence-electron chi connectivity index (χ0n) is 16.1.